The first kappa shape index (κ1) is 14.4. The summed E-state index contributed by atoms with van der Waals surface area (Å²) in [4.78, 5) is 15.4. The molecule has 5 heteroatoms. The van der Waals surface area contributed by atoms with Crippen LogP contribution in [0, 0.1) is 0 Å². The minimum absolute atomic E-state index is 0.683. The molecule has 0 amide bonds. The van der Waals surface area contributed by atoms with Crippen molar-refractivity contribution >= 4 is 29.3 Å². The molecule has 2 aliphatic rings. The highest BCUT2D eigenvalue weighted by atomic mass is 35.5. The van der Waals surface area contributed by atoms with E-state index in [1.807, 2.05) is 18.2 Å². The van der Waals surface area contributed by atoms with Gasteiger partial charge >= 0.3 is 5.97 Å². The Labute approximate surface area is 129 Å². The van der Waals surface area contributed by atoms with Gasteiger partial charge in [-0.3, -0.25) is 4.90 Å². The van der Waals surface area contributed by atoms with E-state index < -0.39 is 5.97 Å². The second-order valence-corrected chi connectivity index (χ2v) is 6.04. The fraction of sp³-hybridized carbons (Fsp3) is 0.438. The SMILES string of the molecule is O=C(O)/C=C/c1ccc(N2CCN(C3CC3)CC2)c(Cl)c1. The first-order valence-corrected chi connectivity index (χ1v) is 7.71. The first-order chi connectivity index (χ1) is 10.1. The molecule has 0 unspecified atom stereocenters. The Kier molecular flexibility index (Phi) is 4.17. The highest BCUT2D eigenvalue weighted by Crippen LogP contribution is 2.31. The summed E-state index contributed by atoms with van der Waals surface area (Å²) in [6, 6.07) is 6.54. The van der Waals surface area contributed by atoms with Crippen LogP contribution in [-0.4, -0.2) is 48.2 Å². The van der Waals surface area contributed by atoms with Gasteiger partial charge in [0.25, 0.3) is 0 Å². The van der Waals surface area contributed by atoms with E-state index in [9.17, 15) is 4.79 Å². The average Bonchev–Trinajstić information content (AvgIpc) is 3.30. The Morgan fingerprint density at radius 2 is 1.95 bits per heavy atom. The topological polar surface area (TPSA) is 43.8 Å². The lowest BCUT2D eigenvalue weighted by Gasteiger charge is -2.36. The van der Waals surface area contributed by atoms with Gasteiger partial charge in [0.1, 0.15) is 0 Å². The number of carbonyl (C=O) groups is 1. The third-order valence-electron chi connectivity index (χ3n) is 4.11. The van der Waals surface area contributed by atoms with Crippen LogP contribution in [0.15, 0.2) is 24.3 Å². The van der Waals surface area contributed by atoms with E-state index in [0.717, 1.165) is 49.5 Å². The number of nitrogens with zero attached hydrogens (tertiary/aromatic N) is 2. The summed E-state index contributed by atoms with van der Waals surface area (Å²) in [7, 11) is 0. The lowest BCUT2D eigenvalue weighted by molar-refractivity contribution is -0.131. The predicted octanol–water partition coefficient (Wildman–Crippen LogP) is 2.72. The van der Waals surface area contributed by atoms with Gasteiger partial charge in [-0.1, -0.05) is 17.7 Å². The number of carboxylic acids is 1. The normalized spacial score (nSPS) is 20.1. The zero-order valence-electron chi connectivity index (χ0n) is 11.8. The van der Waals surface area contributed by atoms with Gasteiger partial charge in [0, 0.05) is 38.3 Å². The van der Waals surface area contributed by atoms with Crippen LogP contribution in [-0.2, 0) is 4.79 Å². The number of carboxylic acid groups (broad SMARTS) is 1. The summed E-state index contributed by atoms with van der Waals surface area (Å²) in [5.74, 6) is -0.952. The number of aliphatic carboxylic acids is 1. The van der Waals surface area contributed by atoms with Gasteiger partial charge in [-0.2, -0.15) is 0 Å². The van der Waals surface area contributed by atoms with E-state index in [4.69, 9.17) is 16.7 Å². The molecule has 0 radical (unpaired) electrons. The Balaban J connectivity index is 1.66. The number of hydrogen-bond donors (Lipinski definition) is 1. The van der Waals surface area contributed by atoms with Crippen molar-refractivity contribution in [1.82, 2.24) is 4.90 Å². The molecule has 112 valence electrons. The Morgan fingerprint density at radius 3 is 2.52 bits per heavy atom. The summed E-state index contributed by atoms with van der Waals surface area (Å²) < 4.78 is 0. The van der Waals surface area contributed by atoms with Gasteiger partial charge in [-0.15, -0.1) is 0 Å². The van der Waals surface area contributed by atoms with E-state index in [0.29, 0.717) is 5.02 Å². The summed E-state index contributed by atoms with van der Waals surface area (Å²) in [6.45, 7) is 4.20. The standard InChI is InChI=1S/C16H19ClN2O2/c17-14-11-12(2-6-16(20)21)1-5-15(14)19-9-7-18(8-10-19)13-3-4-13/h1-2,5-6,11,13H,3-4,7-10H2,(H,20,21)/b6-2+. The molecule has 1 saturated heterocycles. The molecular weight excluding hydrogens is 288 g/mol. The average molecular weight is 307 g/mol. The second kappa shape index (κ2) is 6.08. The molecule has 1 aromatic rings. The third-order valence-corrected chi connectivity index (χ3v) is 4.41. The van der Waals surface area contributed by atoms with Crippen molar-refractivity contribution in [2.75, 3.05) is 31.1 Å². The predicted molar refractivity (Wildman–Crippen MR) is 84.9 cm³/mol. The Bertz CT molecular complexity index is 561. The molecule has 0 spiro atoms. The number of benzene rings is 1. The minimum atomic E-state index is -0.952. The van der Waals surface area contributed by atoms with Crippen molar-refractivity contribution in [3.8, 4) is 0 Å². The highest BCUT2D eigenvalue weighted by molar-refractivity contribution is 6.33. The van der Waals surface area contributed by atoms with Crippen LogP contribution < -0.4 is 4.90 Å². The fourth-order valence-corrected chi connectivity index (χ4v) is 3.13. The van der Waals surface area contributed by atoms with Gasteiger partial charge in [0.2, 0.25) is 0 Å². The van der Waals surface area contributed by atoms with Crippen molar-refractivity contribution in [2.45, 2.75) is 18.9 Å². The summed E-state index contributed by atoms with van der Waals surface area (Å²) in [5.41, 5.74) is 1.85. The molecule has 1 saturated carbocycles. The van der Waals surface area contributed by atoms with E-state index in [2.05, 4.69) is 9.80 Å². The van der Waals surface area contributed by atoms with Crippen LogP contribution in [0.3, 0.4) is 0 Å². The molecule has 21 heavy (non-hydrogen) atoms. The van der Waals surface area contributed by atoms with Crippen LogP contribution in [0.25, 0.3) is 6.08 Å². The maximum Gasteiger partial charge on any atom is 0.328 e. The smallest absolute Gasteiger partial charge is 0.328 e. The fourth-order valence-electron chi connectivity index (χ4n) is 2.82. The minimum Gasteiger partial charge on any atom is -0.478 e. The number of halogens is 1. The van der Waals surface area contributed by atoms with Crippen molar-refractivity contribution in [3.63, 3.8) is 0 Å². The Morgan fingerprint density at radius 1 is 1.24 bits per heavy atom. The summed E-state index contributed by atoms with van der Waals surface area (Å²) in [5, 5.41) is 9.33. The van der Waals surface area contributed by atoms with Crippen molar-refractivity contribution in [2.24, 2.45) is 0 Å². The van der Waals surface area contributed by atoms with E-state index in [-0.39, 0.29) is 0 Å². The molecule has 3 rings (SSSR count). The molecule has 0 bridgehead atoms. The van der Waals surface area contributed by atoms with Crippen molar-refractivity contribution < 1.29 is 9.90 Å². The van der Waals surface area contributed by atoms with Crippen LogP contribution in [0.2, 0.25) is 5.02 Å². The van der Waals surface area contributed by atoms with Crippen LogP contribution in [0.4, 0.5) is 5.69 Å². The van der Waals surface area contributed by atoms with Crippen LogP contribution in [0.1, 0.15) is 18.4 Å². The second-order valence-electron chi connectivity index (χ2n) is 5.64. The monoisotopic (exact) mass is 306 g/mol. The Hall–Kier alpha value is -1.52. The highest BCUT2D eigenvalue weighted by Gasteiger charge is 2.31. The molecule has 4 nitrogen and oxygen atoms in total. The van der Waals surface area contributed by atoms with E-state index >= 15 is 0 Å². The van der Waals surface area contributed by atoms with Crippen LogP contribution in [0.5, 0.6) is 0 Å². The summed E-state index contributed by atoms with van der Waals surface area (Å²) >= 11 is 6.35. The number of anilines is 1. The molecule has 2 fully saturated rings. The number of rotatable bonds is 4. The molecule has 0 aromatic heterocycles. The largest absolute Gasteiger partial charge is 0.478 e. The zero-order chi connectivity index (χ0) is 14.8. The van der Waals surface area contributed by atoms with E-state index in [1.165, 1.54) is 12.8 Å². The maximum atomic E-state index is 10.5. The quantitative estimate of drug-likeness (QED) is 0.869. The van der Waals surface area contributed by atoms with Gasteiger partial charge < -0.3 is 10.0 Å². The van der Waals surface area contributed by atoms with E-state index in [1.54, 1.807) is 6.08 Å². The third kappa shape index (κ3) is 3.57. The maximum absolute atomic E-state index is 10.5. The van der Waals surface area contributed by atoms with Gasteiger partial charge in [-0.05, 0) is 36.6 Å². The van der Waals surface area contributed by atoms with Crippen molar-refractivity contribution in [3.05, 3.63) is 34.9 Å². The zero-order valence-corrected chi connectivity index (χ0v) is 12.6. The lowest BCUT2D eigenvalue weighted by atomic mass is 10.1. The van der Waals surface area contributed by atoms with Gasteiger partial charge in [0.05, 0.1) is 10.7 Å². The molecule has 1 N–H and O–H groups in total. The molecule has 1 aliphatic carbocycles. The van der Waals surface area contributed by atoms with Gasteiger partial charge in [0.15, 0.2) is 0 Å². The molecule has 1 heterocycles. The number of piperazine rings is 1. The molecule has 1 aromatic carbocycles. The summed E-state index contributed by atoms with van der Waals surface area (Å²) in [6.07, 6.45) is 5.39. The molecule has 0 atom stereocenters. The lowest BCUT2D eigenvalue weighted by Crippen LogP contribution is -2.47. The molecular formula is C16H19ClN2O2. The molecule has 1 aliphatic heterocycles. The number of hydrogen-bond acceptors (Lipinski definition) is 3. The first-order valence-electron chi connectivity index (χ1n) is 7.33. The van der Waals surface area contributed by atoms with Gasteiger partial charge in [-0.25, -0.2) is 4.79 Å². The van der Waals surface area contributed by atoms with Crippen LogP contribution >= 0.6 is 11.6 Å². The van der Waals surface area contributed by atoms with Crippen molar-refractivity contribution in [1.29, 1.82) is 0 Å².